The molecule has 0 aromatic rings. The van der Waals surface area contributed by atoms with Crippen molar-refractivity contribution in [1.82, 2.24) is 0 Å². The summed E-state index contributed by atoms with van der Waals surface area (Å²) >= 11 is 0. The van der Waals surface area contributed by atoms with E-state index in [0.717, 1.165) is 19.3 Å². The molecule has 1 aliphatic heterocycles. The molecule has 0 radical (unpaired) electrons. The number of rotatable bonds is 2. The van der Waals surface area contributed by atoms with Gasteiger partial charge in [-0.2, -0.15) is 0 Å². The molecule has 2 unspecified atom stereocenters. The Morgan fingerprint density at radius 2 is 2.09 bits per heavy atom. The van der Waals surface area contributed by atoms with Gasteiger partial charge >= 0.3 is 0 Å². The van der Waals surface area contributed by atoms with E-state index < -0.39 is 0 Å². The van der Waals surface area contributed by atoms with Crippen molar-refractivity contribution >= 4 is 5.78 Å². The van der Waals surface area contributed by atoms with Crippen molar-refractivity contribution in [1.29, 1.82) is 0 Å². The maximum atomic E-state index is 11.5. The number of hydrogen-bond donors (Lipinski definition) is 0. The number of ether oxygens (including phenoxy) is 1. The minimum Gasteiger partial charge on any atom is -0.378 e. The lowest BCUT2D eigenvalue weighted by molar-refractivity contribution is -0.124. The Morgan fingerprint density at radius 3 is 2.55 bits per heavy atom. The van der Waals surface area contributed by atoms with Crippen LogP contribution >= 0.6 is 0 Å². The Balaban J connectivity index is 1.89. The second-order valence-electron chi connectivity index (χ2n) is 3.75. The van der Waals surface area contributed by atoms with Crippen LogP contribution in [0.3, 0.4) is 0 Å². The average molecular weight is 154 g/mol. The van der Waals surface area contributed by atoms with Crippen LogP contribution in [0.4, 0.5) is 0 Å². The van der Waals surface area contributed by atoms with E-state index in [1.807, 2.05) is 6.92 Å². The van der Waals surface area contributed by atoms with E-state index in [1.165, 1.54) is 0 Å². The molecule has 2 heteroatoms. The molecule has 0 amide bonds. The number of Topliss-reactive ketones (excluding diaryl/α,β-unsaturated/α-hetero) is 1. The zero-order valence-corrected chi connectivity index (χ0v) is 6.88. The van der Waals surface area contributed by atoms with Gasteiger partial charge in [0.2, 0.25) is 0 Å². The standard InChI is InChI=1S/C9H14O2/c1-6-4-8(5-11-6)9(10)7-2-3-7/h6-8H,2-5H2,1H3. The zero-order valence-electron chi connectivity index (χ0n) is 6.88. The van der Waals surface area contributed by atoms with Gasteiger partial charge in [-0.05, 0) is 26.2 Å². The molecule has 2 fully saturated rings. The largest absolute Gasteiger partial charge is 0.378 e. The minimum atomic E-state index is 0.234. The van der Waals surface area contributed by atoms with Crippen molar-refractivity contribution < 1.29 is 9.53 Å². The molecule has 1 saturated heterocycles. The molecule has 0 N–H and O–H groups in total. The van der Waals surface area contributed by atoms with E-state index in [-0.39, 0.29) is 5.92 Å². The second-order valence-corrected chi connectivity index (χ2v) is 3.75. The van der Waals surface area contributed by atoms with Crippen molar-refractivity contribution in [3.63, 3.8) is 0 Å². The van der Waals surface area contributed by atoms with Gasteiger partial charge in [0.05, 0.1) is 12.7 Å². The zero-order chi connectivity index (χ0) is 7.84. The van der Waals surface area contributed by atoms with Gasteiger partial charge in [-0.1, -0.05) is 0 Å². The summed E-state index contributed by atoms with van der Waals surface area (Å²) in [4.78, 5) is 11.5. The van der Waals surface area contributed by atoms with Crippen molar-refractivity contribution in [2.45, 2.75) is 32.3 Å². The van der Waals surface area contributed by atoms with Crippen LogP contribution in [0.15, 0.2) is 0 Å². The molecule has 0 spiro atoms. The van der Waals surface area contributed by atoms with Crippen molar-refractivity contribution in [3.8, 4) is 0 Å². The van der Waals surface area contributed by atoms with Crippen LogP contribution in [0.5, 0.6) is 0 Å². The lowest BCUT2D eigenvalue weighted by atomic mass is 9.98. The molecule has 0 aromatic carbocycles. The molecule has 2 rings (SSSR count). The molecule has 2 nitrogen and oxygen atoms in total. The van der Waals surface area contributed by atoms with Crippen LogP contribution in [0.1, 0.15) is 26.2 Å². The van der Waals surface area contributed by atoms with Crippen LogP contribution in [-0.4, -0.2) is 18.5 Å². The average Bonchev–Trinajstić information content (AvgIpc) is 2.74. The van der Waals surface area contributed by atoms with E-state index in [2.05, 4.69) is 0 Å². The minimum absolute atomic E-state index is 0.234. The highest BCUT2D eigenvalue weighted by Gasteiger charge is 2.37. The number of carbonyl (C=O) groups is 1. The first-order valence-corrected chi connectivity index (χ1v) is 4.42. The van der Waals surface area contributed by atoms with Gasteiger partial charge in [-0.25, -0.2) is 0 Å². The highest BCUT2D eigenvalue weighted by Crippen LogP contribution is 2.35. The SMILES string of the molecule is CC1CC(C(=O)C2CC2)CO1. The van der Waals surface area contributed by atoms with Gasteiger partial charge in [-0.15, -0.1) is 0 Å². The molecule has 2 atom stereocenters. The molecule has 62 valence electrons. The van der Waals surface area contributed by atoms with Crippen LogP contribution in [-0.2, 0) is 9.53 Å². The summed E-state index contributed by atoms with van der Waals surface area (Å²) in [6.45, 7) is 2.72. The number of carbonyl (C=O) groups excluding carboxylic acids is 1. The predicted molar refractivity (Wildman–Crippen MR) is 41.3 cm³/mol. The third kappa shape index (κ3) is 1.45. The quantitative estimate of drug-likeness (QED) is 0.600. The topological polar surface area (TPSA) is 26.3 Å². The molecule has 2 aliphatic rings. The van der Waals surface area contributed by atoms with E-state index >= 15 is 0 Å². The first kappa shape index (κ1) is 7.29. The third-order valence-corrected chi connectivity index (χ3v) is 2.58. The third-order valence-electron chi connectivity index (χ3n) is 2.58. The van der Waals surface area contributed by atoms with Crippen LogP contribution in [0.2, 0.25) is 0 Å². The lowest BCUT2D eigenvalue weighted by Gasteiger charge is -2.03. The van der Waals surface area contributed by atoms with Gasteiger partial charge in [0, 0.05) is 11.8 Å². The Labute approximate surface area is 66.9 Å². The lowest BCUT2D eigenvalue weighted by Crippen LogP contribution is -2.16. The molecule has 1 aliphatic carbocycles. The maximum Gasteiger partial charge on any atom is 0.141 e. The summed E-state index contributed by atoms with van der Waals surface area (Å²) in [6.07, 6.45) is 3.52. The Hall–Kier alpha value is -0.370. The molecule has 0 bridgehead atoms. The Bertz CT molecular complexity index is 172. The van der Waals surface area contributed by atoms with E-state index in [1.54, 1.807) is 0 Å². The molecular weight excluding hydrogens is 140 g/mol. The van der Waals surface area contributed by atoms with Crippen LogP contribution < -0.4 is 0 Å². The van der Waals surface area contributed by atoms with Gasteiger partial charge in [0.25, 0.3) is 0 Å². The molecule has 1 saturated carbocycles. The molecular formula is C9H14O2. The van der Waals surface area contributed by atoms with E-state index in [9.17, 15) is 4.79 Å². The fourth-order valence-corrected chi connectivity index (χ4v) is 1.72. The first-order valence-electron chi connectivity index (χ1n) is 4.42. The summed E-state index contributed by atoms with van der Waals surface area (Å²) in [6, 6.07) is 0. The molecule has 1 heterocycles. The van der Waals surface area contributed by atoms with Gasteiger partial charge in [0.1, 0.15) is 5.78 Å². The van der Waals surface area contributed by atoms with Gasteiger partial charge in [0.15, 0.2) is 0 Å². The summed E-state index contributed by atoms with van der Waals surface area (Å²) in [5.74, 6) is 1.11. The van der Waals surface area contributed by atoms with E-state index in [0.29, 0.717) is 24.4 Å². The monoisotopic (exact) mass is 154 g/mol. The van der Waals surface area contributed by atoms with Crippen LogP contribution in [0.25, 0.3) is 0 Å². The second kappa shape index (κ2) is 2.59. The van der Waals surface area contributed by atoms with Crippen molar-refractivity contribution in [3.05, 3.63) is 0 Å². The fourth-order valence-electron chi connectivity index (χ4n) is 1.72. The summed E-state index contributed by atoms with van der Waals surface area (Å²) in [5.41, 5.74) is 0. The maximum absolute atomic E-state index is 11.5. The number of ketones is 1. The number of hydrogen-bond acceptors (Lipinski definition) is 2. The van der Waals surface area contributed by atoms with Gasteiger partial charge in [-0.3, -0.25) is 4.79 Å². The summed E-state index contributed by atoms with van der Waals surface area (Å²) in [5, 5.41) is 0. The highest BCUT2D eigenvalue weighted by atomic mass is 16.5. The summed E-state index contributed by atoms with van der Waals surface area (Å²) < 4.78 is 5.34. The summed E-state index contributed by atoms with van der Waals surface area (Å²) in [7, 11) is 0. The van der Waals surface area contributed by atoms with Gasteiger partial charge < -0.3 is 4.74 Å². The normalized spacial score (nSPS) is 37.5. The highest BCUT2D eigenvalue weighted by molar-refractivity contribution is 5.85. The Kier molecular flexibility index (Phi) is 1.72. The van der Waals surface area contributed by atoms with E-state index in [4.69, 9.17) is 4.74 Å². The van der Waals surface area contributed by atoms with Crippen LogP contribution in [0, 0.1) is 11.8 Å². The smallest absolute Gasteiger partial charge is 0.141 e. The van der Waals surface area contributed by atoms with Crippen molar-refractivity contribution in [2.75, 3.05) is 6.61 Å². The first-order chi connectivity index (χ1) is 5.27. The fraction of sp³-hybridized carbons (Fsp3) is 0.889. The molecule has 0 aromatic heterocycles. The molecule has 11 heavy (non-hydrogen) atoms. The Morgan fingerprint density at radius 1 is 1.36 bits per heavy atom. The predicted octanol–water partition coefficient (Wildman–Crippen LogP) is 1.39. The van der Waals surface area contributed by atoms with Crippen molar-refractivity contribution in [2.24, 2.45) is 11.8 Å².